The summed E-state index contributed by atoms with van der Waals surface area (Å²) in [6.07, 6.45) is 2.88. The van der Waals surface area contributed by atoms with E-state index in [4.69, 9.17) is 0 Å². The number of amides is 2. The van der Waals surface area contributed by atoms with Crippen molar-refractivity contribution in [3.63, 3.8) is 0 Å². The number of likely N-dealkylation sites (tertiary alicyclic amines) is 1. The van der Waals surface area contributed by atoms with Crippen molar-refractivity contribution in [1.29, 1.82) is 0 Å². The van der Waals surface area contributed by atoms with Crippen molar-refractivity contribution in [3.8, 4) is 0 Å². The van der Waals surface area contributed by atoms with Crippen LogP contribution in [0, 0.1) is 17.7 Å². The minimum atomic E-state index is -1.42. The number of nitrogens with one attached hydrogen (secondary N) is 1. The molecule has 134 valence electrons. The molecule has 25 heavy (non-hydrogen) atoms. The van der Waals surface area contributed by atoms with Gasteiger partial charge in [-0.1, -0.05) is 18.2 Å². The van der Waals surface area contributed by atoms with Gasteiger partial charge in [-0.25, -0.2) is 9.18 Å². The third-order valence-electron chi connectivity index (χ3n) is 4.85. The fourth-order valence-corrected chi connectivity index (χ4v) is 3.19. The van der Waals surface area contributed by atoms with Crippen LogP contribution in [0.3, 0.4) is 0 Å². The minimum absolute atomic E-state index is 0.0651. The van der Waals surface area contributed by atoms with Crippen molar-refractivity contribution in [3.05, 3.63) is 35.6 Å². The quantitative estimate of drug-likeness (QED) is 0.848. The number of carbonyl (C=O) groups is 3. The lowest BCUT2D eigenvalue weighted by Crippen LogP contribution is -2.45. The Labute approximate surface area is 145 Å². The predicted molar refractivity (Wildman–Crippen MR) is 86.9 cm³/mol. The maximum Gasteiger partial charge on any atom is 0.331 e. The second-order valence-corrected chi connectivity index (χ2v) is 6.68. The summed E-state index contributed by atoms with van der Waals surface area (Å²) in [6.45, 7) is 1.01. The number of halogens is 1. The predicted octanol–water partition coefficient (Wildman–Crippen LogP) is 1.72. The summed E-state index contributed by atoms with van der Waals surface area (Å²) in [6, 6.07) is 4.10. The lowest BCUT2D eigenvalue weighted by atomic mass is 9.94. The first kappa shape index (κ1) is 17.4. The Bertz CT molecular complexity index is 681. The van der Waals surface area contributed by atoms with Gasteiger partial charge >= 0.3 is 5.97 Å². The highest BCUT2D eigenvalue weighted by atomic mass is 19.1. The molecule has 1 aromatic carbocycles. The highest BCUT2D eigenvalue weighted by molar-refractivity contribution is 5.86. The Morgan fingerprint density at radius 1 is 1.08 bits per heavy atom. The molecule has 1 saturated heterocycles. The molecule has 2 aliphatic rings. The van der Waals surface area contributed by atoms with Crippen LogP contribution in [0.15, 0.2) is 24.3 Å². The van der Waals surface area contributed by atoms with E-state index >= 15 is 0 Å². The van der Waals surface area contributed by atoms with E-state index < -0.39 is 23.7 Å². The molecule has 1 aromatic rings. The van der Waals surface area contributed by atoms with E-state index in [0.717, 1.165) is 12.8 Å². The van der Waals surface area contributed by atoms with Crippen molar-refractivity contribution < 1.29 is 23.9 Å². The van der Waals surface area contributed by atoms with Gasteiger partial charge in [0.1, 0.15) is 5.82 Å². The number of carbonyl (C=O) groups excluding carboxylic acids is 2. The lowest BCUT2D eigenvalue weighted by Gasteiger charge is -2.32. The van der Waals surface area contributed by atoms with Crippen LogP contribution in [0.25, 0.3) is 0 Å². The van der Waals surface area contributed by atoms with Gasteiger partial charge < -0.3 is 15.3 Å². The normalized spacial score (nSPS) is 19.3. The smallest absolute Gasteiger partial charge is 0.331 e. The van der Waals surface area contributed by atoms with Gasteiger partial charge in [-0.3, -0.25) is 9.59 Å². The van der Waals surface area contributed by atoms with E-state index in [9.17, 15) is 23.9 Å². The number of benzene rings is 1. The van der Waals surface area contributed by atoms with Gasteiger partial charge in [-0.15, -0.1) is 0 Å². The zero-order chi connectivity index (χ0) is 18.0. The average molecular weight is 348 g/mol. The number of piperidine rings is 1. The first-order valence-corrected chi connectivity index (χ1v) is 8.53. The van der Waals surface area contributed by atoms with Crippen LogP contribution in [0.4, 0.5) is 4.39 Å². The van der Waals surface area contributed by atoms with Crippen LogP contribution in [-0.4, -0.2) is 40.9 Å². The second-order valence-electron chi connectivity index (χ2n) is 6.68. The summed E-state index contributed by atoms with van der Waals surface area (Å²) in [7, 11) is 0. The number of hydrogen-bond acceptors (Lipinski definition) is 3. The first-order chi connectivity index (χ1) is 12.0. The Balaban J connectivity index is 1.60. The summed E-state index contributed by atoms with van der Waals surface area (Å²) in [5.41, 5.74) is -0.0651. The first-order valence-electron chi connectivity index (χ1n) is 8.53. The third-order valence-corrected chi connectivity index (χ3v) is 4.85. The van der Waals surface area contributed by atoms with Crippen LogP contribution in [0.5, 0.6) is 0 Å². The number of rotatable bonds is 5. The van der Waals surface area contributed by atoms with Crippen molar-refractivity contribution in [2.75, 3.05) is 13.1 Å². The molecule has 1 saturated carbocycles. The largest absolute Gasteiger partial charge is 0.479 e. The van der Waals surface area contributed by atoms with E-state index in [-0.39, 0.29) is 23.3 Å². The summed E-state index contributed by atoms with van der Waals surface area (Å²) < 4.78 is 13.9. The number of carboxylic acid groups (broad SMARTS) is 1. The van der Waals surface area contributed by atoms with Gasteiger partial charge in [0.25, 0.3) is 0 Å². The van der Waals surface area contributed by atoms with Crippen LogP contribution < -0.4 is 5.32 Å². The molecule has 2 N–H and O–H groups in total. The molecule has 1 heterocycles. The molecule has 0 aromatic heterocycles. The van der Waals surface area contributed by atoms with Crippen LogP contribution in [0.1, 0.15) is 37.3 Å². The van der Waals surface area contributed by atoms with Crippen molar-refractivity contribution in [2.45, 2.75) is 31.7 Å². The molecule has 1 atom stereocenters. The van der Waals surface area contributed by atoms with Gasteiger partial charge in [0.2, 0.25) is 11.8 Å². The van der Waals surface area contributed by atoms with Crippen molar-refractivity contribution in [1.82, 2.24) is 10.2 Å². The number of nitrogens with zero attached hydrogens (tertiary/aromatic N) is 1. The summed E-state index contributed by atoms with van der Waals surface area (Å²) >= 11 is 0. The lowest BCUT2D eigenvalue weighted by molar-refractivity contribution is -0.143. The second kappa shape index (κ2) is 7.21. The van der Waals surface area contributed by atoms with Crippen LogP contribution in [-0.2, 0) is 14.4 Å². The molecule has 3 rings (SSSR count). The highest BCUT2D eigenvalue weighted by Crippen LogP contribution is 2.32. The van der Waals surface area contributed by atoms with E-state index in [1.807, 2.05) is 0 Å². The molecule has 1 unspecified atom stereocenters. The molecular formula is C18H21FN2O4. The Hall–Kier alpha value is -2.44. The molecule has 0 spiro atoms. The molecule has 0 bridgehead atoms. The summed E-state index contributed by atoms with van der Waals surface area (Å²) in [4.78, 5) is 37.7. The standard InChI is InChI=1S/C18H21FN2O4/c19-14-4-2-1-3-13(14)15(18(24)25)20-16(22)11-7-9-21(10-8-11)17(23)12-5-6-12/h1-4,11-12,15H,5-10H2,(H,20,22)(H,24,25). The zero-order valence-electron chi connectivity index (χ0n) is 13.8. The van der Waals surface area contributed by atoms with E-state index in [1.54, 1.807) is 4.90 Å². The minimum Gasteiger partial charge on any atom is -0.479 e. The maximum absolute atomic E-state index is 13.9. The Morgan fingerprint density at radius 2 is 1.72 bits per heavy atom. The van der Waals surface area contributed by atoms with Crippen molar-refractivity contribution in [2.24, 2.45) is 11.8 Å². The molecule has 0 radical (unpaired) electrons. The monoisotopic (exact) mass is 348 g/mol. The number of aliphatic carboxylic acids is 1. The fraction of sp³-hybridized carbons (Fsp3) is 0.500. The van der Waals surface area contributed by atoms with Gasteiger partial charge in [0.05, 0.1) is 0 Å². The Morgan fingerprint density at radius 3 is 2.28 bits per heavy atom. The van der Waals surface area contributed by atoms with E-state index in [0.29, 0.717) is 25.9 Å². The zero-order valence-corrected chi connectivity index (χ0v) is 13.8. The van der Waals surface area contributed by atoms with Crippen molar-refractivity contribution >= 4 is 17.8 Å². The Kier molecular flexibility index (Phi) is 5.01. The van der Waals surface area contributed by atoms with Gasteiger partial charge in [-0.05, 0) is 31.7 Å². The van der Waals surface area contributed by atoms with E-state index in [1.165, 1.54) is 24.3 Å². The molecule has 6 nitrogen and oxygen atoms in total. The molecule has 2 amide bonds. The maximum atomic E-state index is 13.9. The van der Waals surface area contributed by atoms with Gasteiger partial charge in [0.15, 0.2) is 6.04 Å². The fourth-order valence-electron chi connectivity index (χ4n) is 3.19. The molecule has 7 heteroatoms. The summed E-state index contributed by atoms with van der Waals surface area (Å²) in [5, 5.41) is 11.8. The molecular weight excluding hydrogens is 327 g/mol. The topological polar surface area (TPSA) is 86.7 Å². The average Bonchev–Trinajstić information content (AvgIpc) is 3.44. The number of carboxylic acids is 1. The SMILES string of the molecule is O=C(NC(C(=O)O)c1ccccc1F)C1CCN(C(=O)C2CC2)CC1. The summed E-state index contributed by atoms with van der Waals surface area (Å²) in [5.74, 6) is -2.43. The van der Waals surface area contributed by atoms with Gasteiger partial charge in [0, 0.05) is 30.5 Å². The molecule has 1 aliphatic heterocycles. The third kappa shape index (κ3) is 3.97. The van der Waals surface area contributed by atoms with E-state index in [2.05, 4.69) is 5.32 Å². The number of hydrogen-bond donors (Lipinski definition) is 2. The van der Waals surface area contributed by atoms with Crippen LogP contribution >= 0.6 is 0 Å². The highest BCUT2D eigenvalue weighted by Gasteiger charge is 2.36. The molecule has 1 aliphatic carbocycles. The molecule has 2 fully saturated rings. The van der Waals surface area contributed by atoms with Gasteiger partial charge in [-0.2, -0.15) is 0 Å². The van der Waals surface area contributed by atoms with Crippen LogP contribution in [0.2, 0.25) is 0 Å².